The molecule has 6 heteroatoms. The van der Waals surface area contributed by atoms with E-state index in [1.165, 1.54) is 0 Å². The highest BCUT2D eigenvalue weighted by Gasteiger charge is 2.25. The summed E-state index contributed by atoms with van der Waals surface area (Å²) in [5.41, 5.74) is 1.15. The number of nitrogens with zero attached hydrogens (tertiary/aromatic N) is 2. The van der Waals surface area contributed by atoms with Gasteiger partial charge >= 0.3 is 0 Å². The number of thiazole rings is 1. The molecule has 0 aliphatic carbocycles. The first-order chi connectivity index (χ1) is 11.2. The van der Waals surface area contributed by atoms with Gasteiger partial charge in [0, 0.05) is 31.2 Å². The zero-order valence-electron chi connectivity index (χ0n) is 13.2. The first kappa shape index (κ1) is 16.4. The number of rotatable bonds is 6. The van der Waals surface area contributed by atoms with Crippen LogP contribution in [0, 0.1) is 6.92 Å². The van der Waals surface area contributed by atoms with E-state index in [0.29, 0.717) is 19.8 Å². The molecule has 1 aliphatic heterocycles. The van der Waals surface area contributed by atoms with Crippen LogP contribution in [0.4, 0.5) is 0 Å². The second-order valence-corrected chi connectivity index (χ2v) is 6.70. The molecule has 2 heterocycles. The van der Waals surface area contributed by atoms with Crippen molar-refractivity contribution in [2.45, 2.75) is 19.1 Å². The number of aromatic nitrogens is 1. The van der Waals surface area contributed by atoms with Crippen LogP contribution in [0.1, 0.15) is 16.7 Å². The highest BCUT2D eigenvalue weighted by Crippen LogP contribution is 2.23. The Morgan fingerprint density at radius 3 is 3.22 bits per heavy atom. The molecule has 1 aromatic carbocycles. The van der Waals surface area contributed by atoms with Gasteiger partial charge in [-0.1, -0.05) is 12.1 Å². The summed E-state index contributed by atoms with van der Waals surface area (Å²) in [5.74, 6) is 0.798. The Morgan fingerprint density at radius 1 is 1.52 bits per heavy atom. The van der Waals surface area contributed by atoms with Crippen molar-refractivity contribution in [2.24, 2.45) is 0 Å². The fourth-order valence-corrected chi connectivity index (χ4v) is 3.34. The zero-order chi connectivity index (χ0) is 16.1. The van der Waals surface area contributed by atoms with E-state index in [0.717, 1.165) is 29.4 Å². The zero-order valence-corrected chi connectivity index (χ0v) is 14.0. The van der Waals surface area contributed by atoms with Crippen molar-refractivity contribution in [3.05, 3.63) is 46.4 Å². The van der Waals surface area contributed by atoms with Gasteiger partial charge in [0.2, 0.25) is 0 Å². The molecule has 1 aromatic heterocycles. The predicted octanol–water partition coefficient (Wildman–Crippen LogP) is 2.26. The number of morpholine rings is 1. The standard InChI is InChI=1S/C17H22N2O3S/c1-13-3-2-4-15(9-13)22-12-14(20)10-19-6-7-21-16(11-19)17-18-5-8-23-17/h2-5,8-9,14,16,20H,6-7,10-12H2,1H3/t14-,16+/m0/s1. The molecule has 1 N–H and O–H groups in total. The van der Waals surface area contributed by atoms with E-state index >= 15 is 0 Å². The second-order valence-electron chi connectivity index (χ2n) is 5.77. The van der Waals surface area contributed by atoms with Gasteiger partial charge in [-0.2, -0.15) is 0 Å². The maximum Gasteiger partial charge on any atom is 0.123 e. The van der Waals surface area contributed by atoms with Crippen LogP contribution in [0.5, 0.6) is 5.75 Å². The molecule has 3 rings (SSSR count). The van der Waals surface area contributed by atoms with Gasteiger partial charge in [-0.3, -0.25) is 4.90 Å². The molecule has 0 bridgehead atoms. The third-order valence-electron chi connectivity index (χ3n) is 3.78. The third-order valence-corrected chi connectivity index (χ3v) is 4.65. The average Bonchev–Trinajstić information content (AvgIpc) is 3.08. The number of aliphatic hydroxyl groups excluding tert-OH is 1. The van der Waals surface area contributed by atoms with Gasteiger partial charge in [-0.15, -0.1) is 11.3 Å². The molecule has 0 radical (unpaired) electrons. The molecule has 0 unspecified atom stereocenters. The number of aliphatic hydroxyl groups is 1. The Hall–Kier alpha value is -1.47. The Kier molecular flexibility index (Phi) is 5.61. The molecule has 0 amide bonds. The van der Waals surface area contributed by atoms with E-state index in [1.807, 2.05) is 36.6 Å². The van der Waals surface area contributed by atoms with E-state index in [9.17, 15) is 5.11 Å². The van der Waals surface area contributed by atoms with Crippen molar-refractivity contribution < 1.29 is 14.6 Å². The number of ether oxygens (including phenoxy) is 2. The second kappa shape index (κ2) is 7.88. The van der Waals surface area contributed by atoms with E-state index in [2.05, 4.69) is 9.88 Å². The molecule has 0 spiro atoms. The van der Waals surface area contributed by atoms with Crippen LogP contribution in [0.25, 0.3) is 0 Å². The lowest BCUT2D eigenvalue weighted by Crippen LogP contribution is -2.43. The molecule has 23 heavy (non-hydrogen) atoms. The number of β-amino-alcohol motifs (C(OH)–C–C–N with tert-alkyl or cyclic N) is 1. The van der Waals surface area contributed by atoms with E-state index < -0.39 is 6.10 Å². The van der Waals surface area contributed by atoms with Gasteiger partial charge in [-0.25, -0.2) is 4.98 Å². The van der Waals surface area contributed by atoms with Crippen molar-refractivity contribution in [1.29, 1.82) is 0 Å². The number of benzene rings is 1. The smallest absolute Gasteiger partial charge is 0.123 e. The quantitative estimate of drug-likeness (QED) is 0.878. The first-order valence-electron chi connectivity index (χ1n) is 7.81. The van der Waals surface area contributed by atoms with Crippen LogP contribution in [-0.2, 0) is 4.74 Å². The van der Waals surface area contributed by atoms with Crippen molar-refractivity contribution in [1.82, 2.24) is 9.88 Å². The number of hydrogen-bond acceptors (Lipinski definition) is 6. The Labute approximate surface area is 140 Å². The summed E-state index contributed by atoms with van der Waals surface area (Å²) >= 11 is 1.61. The van der Waals surface area contributed by atoms with Crippen molar-refractivity contribution >= 4 is 11.3 Å². The lowest BCUT2D eigenvalue weighted by Gasteiger charge is -2.33. The van der Waals surface area contributed by atoms with Crippen LogP contribution >= 0.6 is 11.3 Å². The molecule has 2 atom stereocenters. The topological polar surface area (TPSA) is 54.8 Å². The Balaban J connectivity index is 1.46. The molecule has 1 aliphatic rings. The van der Waals surface area contributed by atoms with Gasteiger partial charge in [0.1, 0.15) is 29.6 Å². The van der Waals surface area contributed by atoms with Crippen molar-refractivity contribution in [2.75, 3.05) is 32.8 Å². The highest BCUT2D eigenvalue weighted by atomic mass is 32.1. The van der Waals surface area contributed by atoms with Crippen LogP contribution in [0.2, 0.25) is 0 Å². The van der Waals surface area contributed by atoms with Crippen molar-refractivity contribution in [3.63, 3.8) is 0 Å². The lowest BCUT2D eigenvalue weighted by molar-refractivity contribution is -0.0460. The van der Waals surface area contributed by atoms with Crippen molar-refractivity contribution in [3.8, 4) is 5.75 Å². The summed E-state index contributed by atoms with van der Waals surface area (Å²) in [6.45, 7) is 5.14. The molecule has 2 aromatic rings. The maximum absolute atomic E-state index is 10.2. The highest BCUT2D eigenvalue weighted by molar-refractivity contribution is 7.09. The van der Waals surface area contributed by atoms with Crippen LogP contribution in [0.15, 0.2) is 35.8 Å². The first-order valence-corrected chi connectivity index (χ1v) is 8.69. The molecule has 5 nitrogen and oxygen atoms in total. The van der Waals surface area contributed by atoms with E-state index in [1.54, 1.807) is 17.5 Å². The SMILES string of the molecule is Cc1cccc(OC[C@@H](O)CN2CCO[C@@H](c3nccs3)C2)c1. The normalized spacial score (nSPS) is 20.3. The Bertz CT molecular complexity index is 606. The van der Waals surface area contributed by atoms with E-state index in [4.69, 9.17) is 9.47 Å². The minimum atomic E-state index is -0.523. The van der Waals surface area contributed by atoms with Gasteiger partial charge in [0.25, 0.3) is 0 Å². The number of hydrogen-bond donors (Lipinski definition) is 1. The lowest BCUT2D eigenvalue weighted by atomic mass is 10.2. The average molecular weight is 334 g/mol. The predicted molar refractivity (Wildman–Crippen MR) is 89.9 cm³/mol. The van der Waals surface area contributed by atoms with Gasteiger partial charge in [0.05, 0.1) is 6.61 Å². The maximum atomic E-state index is 10.2. The summed E-state index contributed by atoms with van der Waals surface area (Å²) < 4.78 is 11.4. The molecule has 124 valence electrons. The van der Waals surface area contributed by atoms with Crippen LogP contribution < -0.4 is 4.74 Å². The monoisotopic (exact) mass is 334 g/mol. The number of aryl methyl sites for hydroxylation is 1. The van der Waals surface area contributed by atoms with E-state index in [-0.39, 0.29) is 6.10 Å². The fraction of sp³-hybridized carbons (Fsp3) is 0.471. The van der Waals surface area contributed by atoms with Crippen LogP contribution in [0.3, 0.4) is 0 Å². The summed E-state index contributed by atoms with van der Waals surface area (Å²) in [7, 11) is 0. The summed E-state index contributed by atoms with van der Waals surface area (Å²) in [6.07, 6.45) is 1.28. The molecular weight excluding hydrogens is 312 g/mol. The molecule has 1 fully saturated rings. The summed E-state index contributed by atoms with van der Waals surface area (Å²) in [4.78, 5) is 6.53. The molecule has 0 saturated carbocycles. The van der Waals surface area contributed by atoms with Crippen LogP contribution in [-0.4, -0.2) is 53.9 Å². The molecule has 1 saturated heterocycles. The van der Waals surface area contributed by atoms with Gasteiger partial charge < -0.3 is 14.6 Å². The summed E-state index contributed by atoms with van der Waals surface area (Å²) in [5, 5.41) is 13.2. The summed E-state index contributed by atoms with van der Waals surface area (Å²) in [6, 6.07) is 7.86. The third kappa shape index (κ3) is 4.75. The minimum absolute atomic E-state index is 0.00800. The Morgan fingerprint density at radius 2 is 2.43 bits per heavy atom. The van der Waals surface area contributed by atoms with Gasteiger partial charge in [0.15, 0.2) is 0 Å². The van der Waals surface area contributed by atoms with Gasteiger partial charge in [-0.05, 0) is 24.6 Å². The molecular formula is C17H22N2O3S. The fourth-order valence-electron chi connectivity index (χ4n) is 2.66. The largest absolute Gasteiger partial charge is 0.491 e. The minimum Gasteiger partial charge on any atom is -0.491 e.